The number of hydrogen-bond donors (Lipinski definition) is 2. The minimum Gasteiger partial charge on any atom is -0.497 e. The first-order valence-electron chi connectivity index (χ1n) is 9.84. The molecule has 0 spiro atoms. The number of carbonyl (C=O) groups excluding carboxylic acids is 1. The monoisotopic (exact) mass is 468 g/mol. The van der Waals surface area contributed by atoms with Crippen molar-refractivity contribution in [2.24, 2.45) is 0 Å². The van der Waals surface area contributed by atoms with Gasteiger partial charge in [0.25, 0.3) is 5.91 Å². The van der Waals surface area contributed by atoms with E-state index in [-0.39, 0.29) is 18.1 Å². The number of benzene rings is 2. The SMILES string of the molecule is COc1ccc(-c2nc(Cn3nnc(C(=O)Nc4cccc(Cl)c4)c3N)c(C)o2)c(OC)c1. The van der Waals surface area contributed by atoms with E-state index in [2.05, 4.69) is 20.6 Å². The molecule has 0 saturated carbocycles. The molecule has 33 heavy (non-hydrogen) atoms. The Morgan fingerprint density at radius 3 is 2.76 bits per heavy atom. The first-order chi connectivity index (χ1) is 15.9. The molecule has 2 heterocycles. The maximum atomic E-state index is 12.6. The van der Waals surface area contributed by atoms with Gasteiger partial charge in [-0.3, -0.25) is 4.79 Å². The molecule has 11 heteroatoms. The number of anilines is 2. The number of oxazole rings is 1. The van der Waals surface area contributed by atoms with Crippen molar-refractivity contribution in [1.82, 2.24) is 20.0 Å². The van der Waals surface area contributed by atoms with Gasteiger partial charge in [0.1, 0.15) is 23.0 Å². The average molecular weight is 469 g/mol. The number of hydrogen-bond acceptors (Lipinski definition) is 8. The number of methoxy groups -OCH3 is 2. The van der Waals surface area contributed by atoms with Crippen LogP contribution in [-0.4, -0.2) is 40.1 Å². The van der Waals surface area contributed by atoms with Crippen molar-refractivity contribution in [3.63, 3.8) is 0 Å². The molecule has 0 unspecified atom stereocenters. The molecule has 170 valence electrons. The Kier molecular flexibility index (Phi) is 6.18. The van der Waals surface area contributed by atoms with E-state index in [1.807, 2.05) is 0 Å². The molecule has 1 amide bonds. The summed E-state index contributed by atoms with van der Waals surface area (Å²) >= 11 is 5.96. The van der Waals surface area contributed by atoms with Crippen molar-refractivity contribution in [2.75, 3.05) is 25.3 Å². The fourth-order valence-electron chi connectivity index (χ4n) is 3.16. The lowest BCUT2D eigenvalue weighted by Crippen LogP contribution is -2.15. The fraction of sp³-hybridized carbons (Fsp3) is 0.182. The van der Waals surface area contributed by atoms with Gasteiger partial charge in [0, 0.05) is 16.8 Å². The maximum Gasteiger partial charge on any atom is 0.280 e. The zero-order valence-corrected chi connectivity index (χ0v) is 18.9. The predicted molar refractivity (Wildman–Crippen MR) is 123 cm³/mol. The van der Waals surface area contributed by atoms with Crippen LogP contribution < -0.4 is 20.5 Å². The van der Waals surface area contributed by atoms with Crippen molar-refractivity contribution in [3.8, 4) is 23.0 Å². The Labute approximate surface area is 194 Å². The molecule has 0 saturated heterocycles. The van der Waals surface area contributed by atoms with Gasteiger partial charge in [-0.1, -0.05) is 22.9 Å². The Morgan fingerprint density at radius 1 is 1.21 bits per heavy atom. The molecule has 0 bridgehead atoms. The number of nitrogen functional groups attached to an aromatic ring is 1. The Hall–Kier alpha value is -4.05. The summed E-state index contributed by atoms with van der Waals surface area (Å²) in [5.74, 6) is 1.75. The Morgan fingerprint density at radius 2 is 2.03 bits per heavy atom. The average Bonchev–Trinajstić information content (AvgIpc) is 3.35. The van der Waals surface area contributed by atoms with Crippen LogP contribution in [-0.2, 0) is 6.54 Å². The van der Waals surface area contributed by atoms with E-state index in [1.54, 1.807) is 63.6 Å². The minimum atomic E-state index is -0.499. The topological polar surface area (TPSA) is 130 Å². The maximum absolute atomic E-state index is 12.6. The molecule has 2 aromatic carbocycles. The predicted octanol–water partition coefficient (Wildman–Crippen LogP) is 3.79. The molecular formula is C22H21ClN6O4. The van der Waals surface area contributed by atoms with Gasteiger partial charge in [0.15, 0.2) is 11.5 Å². The van der Waals surface area contributed by atoms with Crippen LogP contribution in [0.4, 0.5) is 11.5 Å². The molecule has 0 aliphatic rings. The molecule has 2 aromatic heterocycles. The van der Waals surface area contributed by atoms with Crippen molar-refractivity contribution in [3.05, 3.63) is 64.6 Å². The van der Waals surface area contributed by atoms with Crippen LogP contribution in [0.2, 0.25) is 5.02 Å². The highest BCUT2D eigenvalue weighted by atomic mass is 35.5. The van der Waals surface area contributed by atoms with Crippen LogP contribution in [0.5, 0.6) is 11.5 Å². The summed E-state index contributed by atoms with van der Waals surface area (Å²) in [6.07, 6.45) is 0. The van der Waals surface area contributed by atoms with Gasteiger partial charge in [0.05, 0.1) is 26.3 Å². The summed E-state index contributed by atoms with van der Waals surface area (Å²) in [4.78, 5) is 17.1. The Bertz CT molecular complexity index is 1320. The van der Waals surface area contributed by atoms with Crippen LogP contribution in [0.3, 0.4) is 0 Å². The highest BCUT2D eigenvalue weighted by Gasteiger charge is 2.21. The van der Waals surface area contributed by atoms with E-state index in [4.69, 9.17) is 31.2 Å². The second-order valence-corrected chi connectivity index (χ2v) is 7.47. The first-order valence-corrected chi connectivity index (χ1v) is 10.2. The summed E-state index contributed by atoms with van der Waals surface area (Å²) in [5.41, 5.74) is 7.91. The molecule has 10 nitrogen and oxygen atoms in total. The second kappa shape index (κ2) is 9.21. The first kappa shape index (κ1) is 22.2. The highest BCUT2D eigenvalue weighted by Crippen LogP contribution is 2.34. The van der Waals surface area contributed by atoms with Gasteiger partial charge in [-0.2, -0.15) is 0 Å². The standard InChI is InChI=1S/C22H21ClN6O4/c1-12-17(26-22(33-12)16-8-7-15(31-2)10-18(16)32-3)11-29-20(24)19(27-28-29)21(30)25-14-6-4-5-13(23)9-14/h4-10H,11,24H2,1-3H3,(H,25,30). The number of nitrogens with one attached hydrogen (secondary N) is 1. The molecule has 0 aliphatic heterocycles. The number of aryl methyl sites for hydroxylation is 1. The van der Waals surface area contributed by atoms with Gasteiger partial charge < -0.3 is 24.9 Å². The van der Waals surface area contributed by atoms with Crippen LogP contribution >= 0.6 is 11.6 Å². The van der Waals surface area contributed by atoms with Gasteiger partial charge in [-0.15, -0.1) is 5.10 Å². The van der Waals surface area contributed by atoms with Gasteiger partial charge in [-0.05, 0) is 37.3 Å². The van der Waals surface area contributed by atoms with Crippen molar-refractivity contribution >= 4 is 29.0 Å². The zero-order valence-electron chi connectivity index (χ0n) is 18.1. The minimum absolute atomic E-state index is 0.00632. The lowest BCUT2D eigenvalue weighted by atomic mass is 10.2. The van der Waals surface area contributed by atoms with E-state index >= 15 is 0 Å². The van der Waals surface area contributed by atoms with Crippen LogP contribution in [0.15, 0.2) is 46.9 Å². The summed E-state index contributed by atoms with van der Waals surface area (Å²) in [5, 5.41) is 11.1. The summed E-state index contributed by atoms with van der Waals surface area (Å²) in [7, 11) is 3.13. The van der Waals surface area contributed by atoms with Gasteiger partial charge in [-0.25, -0.2) is 9.67 Å². The molecule has 0 radical (unpaired) electrons. The fourth-order valence-corrected chi connectivity index (χ4v) is 3.35. The smallest absolute Gasteiger partial charge is 0.280 e. The van der Waals surface area contributed by atoms with Crippen molar-refractivity contribution < 1.29 is 18.7 Å². The van der Waals surface area contributed by atoms with Gasteiger partial charge >= 0.3 is 0 Å². The normalized spacial score (nSPS) is 10.8. The van der Waals surface area contributed by atoms with Crippen LogP contribution in [0.1, 0.15) is 21.9 Å². The number of nitrogens with zero attached hydrogens (tertiary/aromatic N) is 4. The molecule has 0 atom stereocenters. The van der Waals surface area contributed by atoms with Crippen molar-refractivity contribution in [2.45, 2.75) is 13.5 Å². The number of rotatable bonds is 7. The number of halogens is 1. The third kappa shape index (κ3) is 4.60. The molecule has 0 fully saturated rings. The number of aromatic nitrogens is 4. The highest BCUT2D eigenvalue weighted by molar-refractivity contribution is 6.31. The number of amides is 1. The molecule has 0 aliphatic carbocycles. The van der Waals surface area contributed by atoms with Crippen LogP contribution in [0, 0.1) is 6.92 Å². The number of ether oxygens (including phenoxy) is 2. The van der Waals surface area contributed by atoms with E-state index in [0.29, 0.717) is 45.1 Å². The second-order valence-electron chi connectivity index (χ2n) is 7.03. The molecule has 3 N–H and O–H groups in total. The summed E-state index contributed by atoms with van der Waals surface area (Å²) in [6.45, 7) is 1.94. The molecule has 4 aromatic rings. The summed E-state index contributed by atoms with van der Waals surface area (Å²) in [6, 6.07) is 12.1. The zero-order chi connectivity index (χ0) is 23.5. The van der Waals surface area contributed by atoms with Gasteiger partial charge in [0.2, 0.25) is 5.89 Å². The number of carbonyl (C=O) groups is 1. The third-order valence-electron chi connectivity index (χ3n) is 4.90. The van der Waals surface area contributed by atoms with E-state index < -0.39 is 5.91 Å². The van der Waals surface area contributed by atoms with E-state index in [0.717, 1.165) is 0 Å². The lowest BCUT2D eigenvalue weighted by molar-refractivity contribution is 0.102. The van der Waals surface area contributed by atoms with E-state index in [1.165, 1.54) is 4.68 Å². The summed E-state index contributed by atoms with van der Waals surface area (Å²) < 4.78 is 17.9. The Balaban J connectivity index is 1.56. The lowest BCUT2D eigenvalue weighted by Gasteiger charge is -2.07. The quantitative estimate of drug-likeness (QED) is 0.419. The largest absolute Gasteiger partial charge is 0.497 e. The van der Waals surface area contributed by atoms with E-state index in [9.17, 15) is 4.79 Å². The van der Waals surface area contributed by atoms with Crippen molar-refractivity contribution in [1.29, 1.82) is 0 Å². The third-order valence-corrected chi connectivity index (χ3v) is 5.14. The molecular weight excluding hydrogens is 448 g/mol. The number of nitrogens with two attached hydrogens (primary N) is 1. The molecule has 4 rings (SSSR count). The van der Waals surface area contributed by atoms with Crippen LogP contribution in [0.25, 0.3) is 11.5 Å².